The zero-order valence-electron chi connectivity index (χ0n) is 11.1. The van der Waals surface area contributed by atoms with Gasteiger partial charge in [0.25, 0.3) is 0 Å². The van der Waals surface area contributed by atoms with Crippen molar-refractivity contribution in [2.75, 3.05) is 0 Å². The first kappa shape index (κ1) is 14.9. The third kappa shape index (κ3) is 4.22. The number of hydrogen-bond acceptors (Lipinski definition) is 1. The van der Waals surface area contributed by atoms with Crippen LogP contribution < -0.4 is 0 Å². The van der Waals surface area contributed by atoms with Gasteiger partial charge in [-0.05, 0) is 30.5 Å². The first-order valence-electron chi connectivity index (χ1n) is 7.14. The van der Waals surface area contributed by atoms with E-state index in [-0.39, 0.29) is 5.92 Å². The van der Waals surface area contributed by atoms with Crippen LogP contribution in [-0.2, 0) is 11.2 Å². The Hall–Kier alpha value is -0.530. The van der Waals surface area contributed by atoms with E-state index in [0.29, 0.717) is 22.2 Å². The van der Waals surface area contributed by atoms with E-state index in [1.165, 1.54) is 32.1 Å². The quantitative estimate of drug-likeness (QED) is 0.723. The standard InChI is InChI=1S/C16H20Cl2O/c17-14-9-6-10-15(18)13(14)11-16(19)12-7-4-2-1-3-5-8-12/h6,9-10,12H,1-5,7-8,11H2. The summed E-state index contributed by atoms with van der Waals surface area (Å²) >= 11 is 12.3. The lowest BCUT2D eigenvalue weighted by Gasteiger charge is -2.19. The fourth-order valence-corrected chi connectivity index (χ4v) is 3.33. The van der Waals surface area contributed by atoms with Gasteiger partial charge in [-0.2, -0.15) is 0 Å². The highest BCUT2D eigenvalue weighted by Gasteiger charge is 2.21. The maximum atomic E-state index is 12.4. The second-order valence-corrected chi connectivity index (χ2v) is 6.20. The molecule has 0 N–H and O–H groups in total. The van der Waals surface area contributed by atoms with E-state index in [9.17, 15) is 4.79 Å². The molecule has 1 nitrogen and oxygen atoms in total. The molecular weight excluding hydrogens is 279 g/mol. The van der Waals surface area contributed by atoms with Gasteiger partial charge in [-0.3, -0.25) is 4.79 Å². The molecule has 3 heteroatoms. The fraction of sp³-hybridized carbons (Fsp3) is 0.562. The molecule has 0 aliphatic heterocycles. The second-order valence-electron chi connectivity index (χ2n) is 5.39. The molecule has 2 rings (SSSR count). The van der Waals surface area contributed by atoms with Gasteiger partial charge in [0.1, 0.15) is 5.78 Å². The molecule has 0 heterocycles. The average molecular weight is 299 g/mol. The van der Waals surface area contributed by atoms with E-state index in [4.69, 9.17) is 23.2 Å². The number of hydrogen-bond donors (Lipinski definition) is 0. The molecule has 0 amide bonds. The summed E-state index contributed by atoms with van der Waals surface area (Å²) in [6, 6.07) is 5.41. The molecule has 104 valence electrons. The van der Waals surface area contributed by atoms with Gasteiger partial charge in [0, 0.05) is 22.4 Å². The normalized spacial score (nSPS) is 17.8. The Morgan fingerprint density at radius 1 is 1.00 bits per heavy atom. The number of benzene rings is 1. The molecule has 1 fully saturated rings. The van der Waals surface area contributed by atoms with Gasteiger partial charge in [-0.25, -0.2) is 0 Å². The molecule has 1 aromatic carbocycles. The average Bonchev–Trinajstić information content (AvgIpc) is 2.33. The first-order valence-corrected chi connectivity index (χ1v) is 7.89. The van der Waals surface area contributed by atoms with Crippen molar-refractivity contribution in [1.29, 1.82) is 0 Å². The fourth-order valence-electron chi connectivity index (χ4n) is 2.80. The summed E-state index contributed by atoms with van der Waals surface area (Å²) in [4.78, 5) is 12.4. The molecule has 0 atom stereocenters. The Morgan fingerprint density at radius 2 is 1.53 bits per heavy atom. The van der Waals surface area contributed by atoms with Gasteiger partial charge in [0.15, 0.2) is 0 Å². The highest BCUT2D eigenvalue weighted by atomic mass is 35.5. The van der Waals surface area contributed by atoms with Crippen molar-refractivity contribution >= 4 is 29.0 Å². The maximum absolute atomic E-state index is 12.4. The summed E-state index contributed by atoms with van der Waals surface area (Å²) in [7, 11) is 0. The molecule has 0 unspecified atom stereocenters. The second kappa shape index (κ2) is 7.31. The highest BCUT2D eigenvalue weighted by Crippen LogP contribution is 2.28. The van der Waals surface area contributed by atoms with Crippen LogP contribution in [0.5, 0.6) is 0 Å². The third-order valence-corrected chi connectivity index (χ3v) is 4.68. The summed E-state index contributed by atoms with van der Waals surface area (Å²) in [5.74, 6) is 0.504. The Labute approximate surface area is 125 Å². The van der Waals surface area contributed by atoms with Gasteiger partial charge in [-0.15, -0.1) is 0 Å². The lowest BCUT2D eigenvalue weighted by atomic mass is 9.86. The summed E-state index contributed by atoms with van der Waals surface area (Å²) < 4.78 is 0. The molecule has 0 saturated heterocycles. The SMILES string of the molecule is O=C(Cc1c(Cl)cccc1Cl)C1CCCCCCC1. The summed E-state index contributed by atoms with van der Waals surface area (Å²) in [6.45, 7) is 0. The van der Waals surface area contributed by atoms with Crippen molar-refractivity contribution in [2.24, 2.45) is 5.92 Å². The molecule has 0 spiro atoms. The molecule has 0 radical (unpaired) electrons. The number of halogens is 2. The highest BCUT2D eigenvalue weighted by molar-refractivity contribution is 6.36. The zero-order valence-corrected chi connectivity index (χ0v) is 12.6. The van der Waals surface area contributed by atoms with E-state index >= 15 is 0 Å². The minimum atomic E-state index is 0.202. The zero-order chi connectivity index (χ0) is 13.7. The molecular formula is C16H20Cl2O. The van der Waals surface area contributed by atoms with Gasteiger partial charge in [0.2, 0.25) is 0 Å². The van der Waals surface area contributed by atoms with Crippen LogP contribution in [0.4, 0.5) is 0 Å². The van der Waals surface area contributed by atoms with E-state index in [1.807, 2.05) is 6.07 Å². The summed E-state index contributed by atoms with van der Waals surface area (Å²) in [5, 5.41) is 1.21. The number of ketones is 1. The van der Waals surface area contributed by atoms with Crippen LogP contribution in [0.25, 0.3) is 0 Å². The molecule has 1 saturated carbocycles. The van der Waals surface area contributed by atoms with Crippen molar-refractivity contribution < 1.29 is 4.79 Å². The monoisotopic (exact) mass is 298 g/mol. The predicted molar refractivity (Wildman–Crippen MR) is 81.0 cm³/mol. The first-order chi connectivity index (χ1) is 9.18. The van der Waals surface area contributed by atoms with Gasteiger partial charge < -0.3 is 0 Å². The number of rotatable bonds is 3. The Bertz CT molecular complexity index is 414. The van der Waals surface area contributed by atoms with Gasteiger partial charge >= 0.3 is 0 Å². The van der Waals surface area contributed by atoms with Crippen molar-refractivity contribution in [2.45, 2.75) is 51.4 Å². The van der Waals surface area contributed by atoms with Crippen LogP contribution in [0.3, 0.4) is 0 Å². The van der Waals surface area contributed by atoms with Crippen LogP contribution in [0.15, 0.2) is 18.2 Å². The largest absolute Gasteiger partial charge is 0.299 e. The topological polar surface area (TPSA) is 17.1 Å². The number of Topliss-reactive ketones (excluding diaryl/α,β-unsaturated/α-hetero) is 1. The van der Waals surface area contributed by atoms with Crippen LogP contribution in [0, 0.1) is 5.92 Å². The molecule has 1 aromatic rings. The lowest BCUT2D eigenvalue weighted by molar-refractivity contribution is -0.122. The molecule has 0 bridgehead atoms. The molecule has 0 aromatic heterocycles. The van der Waals surface area contributed by atoms with Crippen molar-refractivity contribution in [1.82, 2.24) is 0 Å². The van der Waals surface area contributed by atoms with Crippen molar-refractivity contribution in [3.8, 4) is 0 Å². The van der Waals surface area contributed by atoms with Crippen LogP contribution in [-0.4, -0.2) is 5.78 Å². The predicted octanol–water partition coefficient (Wildman–Crippen LogP) is 5.47. The maximum Gasteiger partial charge on any atom is 0.140 e. The van der Waals surface area contributed by atoms with Crippen molar-refractivity contribution in [3.05, 3.63) is 33.8 Å². The van der Waals surface area contributed by atoms with Crippen molar-refractivity contribution in [3.63, 3.8) is 0 Å². The molecule has 1 aliphatic rings. The Kier molecular flexibility index (Phi) is 5.72. The summed E-state index contributed by atoms with van der Waals surface area (Å²) in [5.41, 5.74) is 0.790. The number of carbonyl (C=O) groups is 1. The Morgan fingerprint density at radius 3 is 2.11 bits per heavy atom. The van der Waals surface area contributed by atoms with E-state index in [2.05, 4.69) is 0 Å². The minimum absolute atomic E-state index is 0.202. The van der Waals surface area contributed by atoms with Gasteiger partial charge in [-0.1, -0.05) is 61.4 Å². The molecule has 1 aliphatic carbocycles. The Balaban J connectivity index is 2.03. The molecule has 19 heavy (non-hydrogen) atoms. The van der Waals surface area contributed by atoms with E-state index in [0.717, 1.165) is 18.4 Å². The minimum Gasteiger partial charge on any atom is -0.299 e. The van der Waals surface area contributed by atoms with E-state index in [1.54, 1.807) is 12.1 Å². The number of carbonyl (C=O) groups excluding carboxylic acids is 1. The lowest BCUT2D eigenvalue weighted by Crippen LogP contribution is -2.18. The third-order valence-electron chi connectivity index (χ3n) is 3.97. The van der Waals surface area contributed by atoms with Gasteiger partial charge in [0.05, 0.1) is 0 Å². The van der Waals surface area contributed by atoms with Crippen LogP contribution in [0.1, 0.15) is 50.5 Å². The van der Waals surface area contributed by atoms with Crippen LogP contribution in [0.2, 0.25) is 10.0 Å². The van der Waals surface area contributed by atoms with E-state index < -0.39 is 0 Å². The smallest absolute Gasteiger partial charge is 0.140 e. The van der Waals surface area contributed by atoms with Crippen LogP contribution >= 0.6 is 23.2 Å². The summed E-state index contributed by atoms with van der Waals surface area (Å²) in [6.07, 6.45) is 8.62.